The van der Waals surface area contributed by atoms with Crippen molar-refractivity contribution in [3.63, 3.8) is 0 Å². The van der Waals surface area contributed by atoms with E-state index >= 15 is 0 Å². The molecule has 19 heavy (non-hydrogen) atoms. The molecule has 0 heterocycles. The van der Waals surface area contributed by atoms with E-state index in [2.05, 4.69) is 0 Å². The quantitative estimate of drug-likeness (QED) is 0.866. The maximum Gasteiger partial charge on any atom is 0.168 e. The number of ether oxygens (including phenoxy) is 1. The summed E-state index contributed by atoms with van der Waals surface area (Å²) in [6, 6.07) is 9.00. The summed E-state index contributed by atoms with van der Waals surface area (Å²) in [5, 5.41) is 10.3. The van der Waals surface area contributed by atoms with Gasteiger partial charge >= 0.3 is 0 Å². The smallest absolute Gasteiger partial charge is 0.168 e. The number of halogens is 3. The lowest BCUT2D eigenvalue weighted by Gasteiger charge is -2.14. The molecule has 2 aromatic carbocycles. The Balaban J connectivity index is 2.40. The second kappa shape index (κ2) is 5.78. The van der Waals surface area contributed by atoms with Crippen molar-refractivity contribution in [1.29, 1.82) is 0 Å². The molecule has 2 rings (SSSR count). The van der Waals surface area contributed by atoms with Crippen molar-refractivity contribution in [2.24, 2.45) is 0 Å². The highest BCUT2D eigenvalue weighted by molar-refractivity contribution is 6.42. The molecular weight excluding hydrogens is 290 g/mol. The molecule has 1 N–H and O–H groups in total. The first kappa shape index (κ1) is 14.1. The summed E-state index contributed by atoms with van der Waals surface area (Å²) in [5.41, 5.74) is 0.367. The van der Waals surface area contributed by atoms with Gasteiger partial charge in [-0.25, -0.2) is 4.39 Å². The number of aliphatic hydroxyl groups excluding tert-OH is 1. The van der Waals surface area contributed by atoms with Gasteiger partial charge in [-0.05, 0) is 25.1 Å². The summed E-state index contributed by atoms with van der Waals surface area (Å²) >= 11 is 11.7. The van der Waals surface area contributed by atoms with Crippen LogP contribution in [0.15, 0.2) is 36.4 Å². The first-order chi connectivity index (χ1) is 8.99. The predicted octanol–water partition coefficient (Wildman–Crippen LogP) is 4.98. The van der Waals surface area contributed by atoms with Crippen LogP contribution in [0, 0.1) is 5.82 Å². The molecule has 2 nitrogen and oxygen atoms in total. The van der Waals surface area contributed by atoms with E-state index in [1.54, 1.807) is 18.2 Å². The molecule has 0 unspecified atom stereocenters. The normalized spacial score (nSPS) is 12.3. The van der Waals surface area contributed by atoms with Crippen LogP contribution < -0.4 is 4.74 Å². The van der Waals surface area contributed by atoms with E-state index in [1.165, 1.54) is 25.1 Å². The molecule has 0 saturated heterocycles. The Kier molecular flexibility index (Phi) is 4.30. The summed E-state index contributed by atoms with van der Waals surface area (Å²) in [4.78, 5) is 0. The zero-order valence-electron chi connectivity index (χ0n) is 10.0. The first-order valence-electron chi connectivity index (χ1n) is 5.58. The lowest BCUT2D eigenvalue weighted by Crippen LogP contribution is -1.98. The fourth-order valence-corrected chi connectivity index (χ4v) is 1.91. The Morgan fingerprint density at radius 1 is 1.16 bits per heavy atom. The van der Waals surface area contributed by atoms with Crippen molar-refractivity contribution in [2.75, 3.05) is 0 Å². The molecule has 0 aliphatic carbocycles. The molecule has 0 aliphatic rings. The van der Waals surface area contributed by atoms with E-state index < -0.39 is 11.9 Å². The number of para-hydroxylation sites is 1. The van der Waals surface area contributed by atoms with Gasteiger partial charge in [-0.15, -0.1) is 0 Å². The minimum absolute atomic E-state index is 0.0177. The van der Waals surface area contributed by atoms with Gasteiger partial charge in [0.15, 0.2) is 11.6 Å². The SMILES string of the molecule is C[C@@H](O)c1cccc(F)c1Oc1ccc(Cl)c(Cl)c1. The van der Waals surface area contributed by atoms with Gasteiger partial charge in [0.2, 0.25) is 0 Å². The van der Waals surface area contributed by atoms with Gasteiger partial charge in [-0.2, -0.15) is 0 Å². The van der Waals surface area contributed by atoms with Gasteiger partial charge < -0.3 is 9.84 Å². The van der Waals surface area contributed by atoms with E-state index in [0.717, 1.165) is 0 Å². The highest BCUT2D eigenvalue weighted by atomic mass is 35.5. The van der Waals surface area contributed by atoms with Gasteiger partial charge in [0, 0.05) is 11.6 Å². The average molecular weight is 301 g/mol. The Morgan fingerprint density at radius 2 is 1.89 bits per heavy atom. The molecule has 0 saturated carbocycles. The lowest BCUT2D eigenvalue weighted by atomic mass is 10.1. The summed E-state index contributed by atoms with van der Waals surface area (Å²) < 4.78 is 19.2. The number of hydrogen-bond acceptors (Lipinski definition) is 2. The molecule has 1 atom stereocenters. The molecule has 0 aliphatic heterocycles. The Labute approximate surface area is 120 Å². The molecule has 0 radical (unpaired) electrons. The Bertz CT molecular complexity index is 600. The molecule has 0 bridgehead atoms. The zero-order chi connectivity index (χ0) is 14.0. The van der Waals surface area contributed by atoms with Crippen LogP contribution in [0.1, 0.15) is 18.6 Å². The Hall–Kier alpha value is -1.29. The molecular formula is C14H11Cl2FO2. The highest BCUT2D eigenvalue weighted by Crippen LogP contribution is 2.34. The van der Waals surface area contributed by atoms with Crippen LogP contribution in [0.25, 0.3) is 0 Å². The van der Waals surface area contributed by atoms with Crippen LogP contribution in [0.2, 0.25) is 10.0 Å². The predicted molar refractivity (Wildman–Crippen MR) is 73.6 cm³/mol. The van der Waals surface area contributed by atoms with E-state index in [0.29, 0.717) is 21.4 Å². The zero-order valence-corrected chi connectivity index (χ0v) is 11.5. The van der Waals surface area contributed by atoms with Crippen LogP contribution >= 0.6 is 23.2 Å². The fourth-order valence-electron chi connectivity index (χ4n) is 1.62. The van der Waals surface area contributed by atoms with Crippen molar-refractivity contribution in [2.45, 2.75) is 13.0 Å². The third-order valence-electron chi connectivity index (χ3n) is 2.56. The first-order valence-corrected chi connectivity index (χ1v) is 6.34. The summed E-state index contributed by atoms with van der Waals surface area (Å²) in [6.07, 6.45) is -0.839. The minimum atomic E-state index is -0.839. The molecule has 100 valence electrons. The highest BCUT2D eigenvalue weighted by Gasteiger charge is 2.15. The second-order valence-corrected chi connectivity index (χ2v) is 4.83. The maximum absolute atomic E-state index is 13.8. The Morgan fingerprint density at radius 3 is 2.53 bits per heavy atom. The number of rotatable bonds is 3. The number of hydrogen-bond donors (Lipinski definition) is 1. The third-order valence-corrected chi connectivity index (χ3v) is 3.30. The van der Waals surface area contributed by atoms with Crippen LogP contribution in [-0.2, 0) is 0 Å². The third kappa shape index (κ3) is 3.18. The summed E-state index contributed by atoms with van der Waals surface area (Å²) in [7, 11) is 0. The van der Waals surface area contributed by atoms with Crippen molar-refractivity contribution in [3.05, 3.63) is 57.8 Å². The lowest BCUT2D eigenvalue weighted by molar-refractivity contribution is 0.194. The summed E-state index contributed by atoms with van der Waals surface area (Å²) in [6.45, 7) is 1.54. The van der Waals surface area contributed by atoms with Gasteiger partial charge in [0.1, 0.15) is 5.75 Å². The second-order valence-electron chi connectivity index (χ2n) is 4.01. The van der Waals surface area contributed by atoms with E-state index in [1.807, 2.05) is 0 Å². The van der Waals surface area contributed by atoms with Crippen LogP contribution in [0.4, 0.5) is 4.39 Å². The van der Waals surface area contributed by atoms with Crippen molar-refractivity contribution >= 4 is 23.2 Å². The minimum Gasteiger partial charge on any atom is -0.454 e. The van der Waals surface area contributed by atoms with Gasteiger partial charge in [0.25, 0.3) is 0 Å². The topological polar surface area (TPSA) is 29.5 Å². The number of benzene rings is 2. The maximum atomic E-state index is 13.8. The average Bonchev–Trinajstić information content (AvgIpc) is 2.36. The monoisotopic (exact) mass is 300 g/mol. The fraction of sp³-hybridized carbons (Fsp3) is 0.143. The molecule has 0 fully saturated rings. The van der Waals surface area contributed by atoms with Crippen molar-refractivity contribution < 1.29 is 14.2 Å². The standard InChI is InChI=1S/C14H11Cl2FO2/c1-8(18)10-3-2-4-13(17)14(10)19-9-5-6-11(15)12(16)7-9/h2-8,18H,1H3/t8-/m1/s1. The van der Waals surface area contributed by atoms with Crippen LogP contribution in [-0.4, -0.2) is 5.11 Å². The molecule has 2 aromatic rings. The van der Waals surface area contributed by atoms with Gasteiger partial charge in [-0.3, -0.25) is 0 Å². The van der Waals surface area contributed by atoms with Crippen LogP contribution in [0.5, 0.6) is 11.5 Å². The number of aliphatic hydroxyl groups is 1. The molecule has 0 aromatic heterocycles. The van der Waals surface area contributed by atoms with E-state index in [-0.39, 0.29) is 5.75 Å². The van der Waals surface area contributed by atoms with E-state index in [9.17, 15) is 9.50 Å². The van der Waals surface area contributed by atoms with Crippen molar-refractivity contribution in [1.82, 2.24) is 0 Å². The molecule has 0 amide bonds. The molecule has 0 spiro atoms. The van der Waals surface area contributed by atoms with E-state index in [4.69, 9.17) is 27.9 Å². The summed E-state index contributed by atoms with van der Waals surface area (Å²) in [5.74, 6) is -0.221. The van der Waals surface area contributed by atoms with Gasteiger partial charge in [0.05, 0.1) is 16.1 Å². The van der Waals surface area contributed by atoms with Gasteiger partial charge in [-0.1, -0.05) is 35.3 Å². The van der Waals surface area contributed by atoms with Crippen LogP contribution in [0.3, 0.4) is 0 Å². The molecule has 5 heteroatoms. The largest absolute Gasteiger partial charge is 0.454 e. The van der Waals surface area contributed by atoms with Crippen molar-refractivity contribution in [3.8, 4) is 11.5 Å².